The Morgan fingerprint density at radius 2 is 1.90 bits per heavy atom. The molecule has 0 saturated heterocycles. The SMILES string of the molecule is COC[C@@H](C)NS(=O)(=O)c1ccc(CNC(C)=O)cc1. The van der Waals surface area contributed by atoms with E-state index in [0.29, 0.717) is 13.2 Å². The number of hydrogen-bond donors (Lipinski definition) is 2. The molecule has 6 nitrogen and oxygen atoms in total. The minimum absolute atomic E-state index is 0.128. The number of amides is 1. The van der Waals surface area contributed by atoms with Crippen molar-refractivity contribution >= 4 is 15.9 Å². The van der Waals surface area contributed by atoms with Gasteiger partial charge in [-0.2, -0.15) is 0 Å². The third-order valence-corrected chi connectivity index (χ3v) is 4.15. The summed E-state index contributed by atoms with van der Waals surface area (Å²) in [7, 11) is -2.03. The van der Waals surface area contributed by atoms with Gasteiger partial charge in [-0.15, -0.1) is 0 Å². The summed E-state index contributed by atoms with van der Waals surface area (Å²) in [6.07, 6.45) is 0. The highest BCUT2D eigenvalue weighted by Crippen LogP contribution is 2.11. The molecule has 0 aliphatic rings. The summed E-state index contributed by atoms with van der Waals surface area (Å²) in [5.41, 5.74) is 0.837. The van der Waals surface area contributed by atoms with Gasteiger partial charge in [-0.3, -0.25) is 4.79 Å². The van der Waals surface area contributed by atoms with Crippen LogP contribution in [0.5, 0.6) is 0 Å². The lowest BCUT2D eigenvalue weighted by Crippen LogP contribution is -2.35. The lowest BCUT2D eigenvalue weighted by atomic mass is 10.2. The van der Waals surface area contributed by atoms with Gasteiger partial charge in [0, 0.05) is 26.6 Å². The summed E-state index contributed by atoms with van der Waals surface area (Å²) in [4.78, 5) is 11.0. The van der Waals surface area contributed by atoms with Crippen LogP contribution in [0.3, 0.4) is 0 Å². The van der Waals surface area contributed by atoms with Gasteiger partial charge in [0.1, 0.15) is 0 Å². The Labute approximate surface area is 119 Å². The number of rotatable bonds is 7. The average molecular weight is 300 g/mol. The van der Waals surface area contributed by atoms with Crippen LogP contribution in [0.15, 0.2) is 29.2 Å². The van der Waals surface area contributed by atoms with E-state index in [0.717, 1.165) is 5.56 Å². The van der Waals surface area contributed by atoms with Crippen molar-refractivity contribution in [3.63, 3.8) is 0 Å². The number of methoxy groups -OCH3 is 1. The summed E-state index contributed by atoms with van der Waals surface area (Å²) in [6, 6.07) is 6.07. The number of carbonyl (C=O) groups excluding carboxylic acids is 1. The minimum Gasteiger partial charge on any atom is -0.383 e. The number of hydrogen-bond acceptors (Lipinski definition) is 4. The Bertz CT molecular complexity index is 540. The molecule has 1 aromatic carbocycles. The van der Waals surface area contributed by atoms with E-state index in [4.69, 9.17) is 4.74 Å². The fraction of sp³-hybridized carbons (Fsp3) is 0.462. The van der Waals surface area contributed by atoms with Crippen LogP contribution >= 0.6 is 0 Å². The number of ether oxygens (including phenoxy) is 1. The normalized spacial score (nSPS) is 12.9. The predicted octanol–water partition coefficient (Wildman–Crippen LogP) is 0.636. The molecular formula is C13H20N2O4S. The molecule has 0 heterocycles. The Hall–Kier alpha value is -1.44. The van der Waals surface area contributed by atoms with Crippen molar-refractivity contribution in [1.82, 2.24) is 10.0 Å². The second-order valence-corrected chi connectivity index (χ2v) is 6.25. The smallest absolute Gasteiger partial charge is 0.240 e. The monoisotopic (exact) mass is 300 g/mol. The standard InChI is InChI=1S/C13H20N2O4S/c1-10(9-19-3)15-20(17,18)13-6-4-12(5-7-13)8-14-11(2)16/h4-7,10,15H,8-9H2,1-3H3,(H,14,16)/t10-/m1/s1. The topological polar surface area (TPSA) is 84.5 Å². The molecule has 1 amide bonds. The van der Waals surface area contributed by atoms with Crippen LogP contribution in [0, 0.1) is 0 Å². The molecule has 0 saturated carbocycles. The first kappa shape index (κ1) is 16.6. The van der Waals surface area contributed by atoms with Crippen molar-refractivity contribution in [2.24, 2.45) is 0 Å². The molecule has 0 bridgehead atoms. The van der Waals surface area contributed by atoms with Gasteiger partial charge in [0.15, 0.2) is 0 Å². The predicted molar refractivity (Wildman–Crippen MR) is 75.6 cm³/mol. The van der Waals surface area contributed by atoms with E-state index in [-0.39, 0.29) is 16.8 Å². The van der Waals surface area contributed by atoms with E-state index in [9.17, 15) is 13.2 Å². The van der Waals surface area contributed by atoms with E-state index in [1.54, 1.807) is 19.1 Å². The fourth-order valence-corrected chi connectivity index (χ4v) is 2.86. The van der Waals surface area contributed by atoms with E-state index >= 15 is 0 Å². The van der Waals surface area contributed by atoms with Crippen LogP contribution in [-0.2, 0) is 26.1 Å². The first-order chi connectivity index (χ1) is 9.35. The van der Waals surface area contributed by atoms with Gasteiger partial charge in [-0.25, -0.2) is 13.1 Å². The summed E-state index contributed by atoms with van der Waals surface area (Å²) >= 11 is 0. The van der Waals surface area contributed by atoms with Crippen molar-refractivity contribution in [3.8, 4) is 0 Å². The van der Waals surface area contributed by atoms with Gasteiger partial charge < -0.3 is 10.1 Å². The molecule has 1 aromatic rings. The number of carbonyl (C=O) groups is 1. The summed E-state index contributed by atoms with van der Waals surface area (Å²) < 4.78 is 31.5. The first-order valence-corrected chi connectivity index (χ1v) is 7.68. The molecule has 0 aliphatic carbocycles. The van der Waals surface area contributed by atoms with Gasteiger partial charge in [0.2, 0.25) is 15.9 Å². The highest BCUT2D eigenvalue weighted by molar-refractivity contribution is 7.89. The molecule has 0 spiro atoms. The van der Waals surface area contributed by atoms with Crippen molar-refractivity contribution in [1.29, 1.82) is 0 Å². The molecule has 0 unspecified atom stereocenters. The highest BCUT2D eigenvalue weighted by atomic mass is 32.2. The summed E-state index contributed by atoms with van der Waals surface area (Å²) in [5.74, 6) is -0.128. The van der Waals surface area contributed by atoms with Crippen LogP contribution < -0.4 is 10.0 Å². The van der Waals surface area contributed by atoms with Gasteiger partial charge >= 0.3 is 0 Å². The molecule has 2 N–H and O–H groups in total. The zero-order valence-corrected chi connectivity index (χ0v) is 12.7. The zero-order chi connectivity index (χ0) is 15.2. The van der Waals surface area contributed by atoms with Crippen LogP contribution in [-0.4, -0.2) is 34.1 Å². The van der Waals surface area contributed by atoms with Crippen LogP contribution in [0.1, 0.15) is 19.4 Å². The molecule has 20 heavy (non-hydrogen) atoms. The Kier molecular flexibility index (Phi) is 6.12. The quantitative estimate of drug-likeness (QED) is 0.774. The summed E-state index contributed by atoms with van der Waals surface area (Å²) in [6.45, 7) is 3.84. The summed E-state index contributed by atoms with van der Waals surface area (Å²) in [5, 5.41) is 2.65. The van der Waals surface area contributed by atoms with E-state index < -0.39 is 10.0 Å². The van der Waals surface area contributed by atoms with Gasteiger partial charge in [0.25, 0.3) is 0 Å². The van der Waals surface area contributed by atoms with Crippen molar-refractivity contribution in [3.05, 3.63) is 29.8 Å². The van der Waals surface area contributed by atoms with Gasteiger partial charge in [-0.1, -0.05) is 12.1 Å². The molecular weight excluding hydrogens is 280 g/mol. The number of benzene rings is 1. The largest absolute Gasteiger partial charge is 0.383 e. The Morgan fingerprint density at radius 3 is 2.40 bits per heavy atom. The molecule has 0 radical (unpaired) electrons. The van der Waals surface area contributed by atoms with Crippen molar-refractivity contribution in [2.75, 3.05) is 13.7 Å². The van der Waals surface area contributed by atoms with Crippen molar-refractivity contribution in [2.45, 2.75) is 31.3 Å². The number of sulfonamides is 1. The second-order valence-electron chi connectivity index (χ2n) is 4.53. The number of nitrogens with one attached hydrogen (secondary N) is 2. The molecule has 1 atom stereocenters. The van der Waals surface area contributed by atoms with Crippen molar-refractivity contribution < 1.29 is 17.9 Å². The second kappa shape index (κ2) is 7.37. The van der Waals surface area contributed by atoms with Gasteiger partial charge in [-0.05, 0) is 24.6 Å². The molecule has 0 aromatic heterocycles. The Morgan fingerprint density at radius 1 is 1.30 bits per heavy atom. The first-order valence-electron chi connectivity index (χ1n) is 6.20. The molecule has 112 valence electrons. The molecule has 7 heteroatoms. The minimum atomic E-state index is -3.55. The zero-order valence-electron chi connectivity index (χ0n) is 11.8. The maximum atomic E-state index is 12.1. The van der Waals surface area contributed by atoms with E-state index in [1.807, 2.05) is 0 Å². The lowest BCUT2D eigenvalue weighted by Gasteiger charge is -2.13. The third-order valence-electron chi connectivity index (χ3n) is 2.55. The Balaban J connectivity index is 2.74. The van der Waals surface area contributed by atoms with Crippen LogP contribution in [0.2, 0.25) is 0 Å². The van der Waals surface area contributed by atoms with E-state index in [1.165, 1.54) is 26.2 Å². The highest BCUT2D eigenvalue weighted by Gasteiger charge is 2.16. The maximum absolute atomic E-state index is 12.1. The maximum Gasteiger partial charge on any atom is 0.240 e. The molecule has 0 aliphatic heterocycles. The van der Waals surface area contributed by atoms with Crippen LogP contribution in [0.25, 0.3) is 0 Å². The average Bonchev–Trinajstić information content (AvgIpc) is 2.36. The van der Waals surface area contributed by atoms with E-state index in [2.05, 4.69) is 10.0 Å². The fourth-order valence-electron chi connectivity index (χ4n) is 1.63. The lowest BCUT2D eigenvalue weighted by molar-refractivity contribution is -0.119. The van der Waals surface area contributed by atoms with Gasteiger partial charge in [0.05, 0.1) is 11.5 Å². The molecule has 1 rings (SSSR count). The molecule has 0 fully saturated rings. The third kappa shape index (κ3) is 5.28. The van der Waals surface area contributed by atoms with Crippen LogP contribution in [0.4, 0.5) is 0 Å².